The van der Waals surface area contributed by atoms with Crippen molar-refractivity contribution in [2.24, 2.45) is 5.92 Å². The van der Waals surface area contributed by atoms with E-state index in [9.17, 15) is 19.8 Å². The molecule has 0 aliphatic heterocycles. The maximum Gasteiger partial charge on any atom is 0.268 e. The van der Waals surface area contributed by atoms with Gasteiger partial charge < -0.3 is 10.2 Å². The van der Waals surface area contributed by atoms with Crippen LogP contribution in [0.25, 0.3) is 11.1 Å². The van der Waals surface area contributed by atoms with Gasteiger partial charge >= 0.3 is 0 Å². The Labute approximate surface area is 134 Å². The summed E-state index contributed by atoms with van der Waals surface area (Å²) >= 11 is 0. The number of aromatic nitrogens is 2. The number of nitrogens with zero attached hydrogens (tertiary/aromatic N) is 2. The van der Waals surface area contributed by atoms with Gasteiger partial charge in [-0.1, -0.05) is 25.7 Å². The lowest BCUT2D eigenvalue weighted by Gasteiger charge is -2.20. The standard InChI is InChI=1S/C17H22N2O4/c1-17(2,3)19-16(23)11(12-13(20)15(22)14(12)21)10(18-19)8-9-6-4-5-7-9/h9,20,23H,4-8H2,1-3H3. The highest BCUT2D eigenvalue weighted by molar-refractivity contribution is 5.79. The van der Waals surface area contributed by atoms with Crippen LogP contribution in [0.1, 0.15) is 52.1 Å². The van der Waals surface area contributed by atoms with Gasteiger partial charge in [0.1, 0.15) is 0 Å². The first-order valence-electron chi connectivity index (χ1n) is 8.05. The Hall–Kier alpha value is -2.11. The van der Waals surface area contributed by atoms with Crippen molar-refractivity contribution in [1.29, 1.82) is 0 Å². The monoisotopic (exact) mass is 318 g/mol. The highest BCUT2D eigenvalue weighted by Crippen LogP contribution is 2.40. The molecule has 1 fully saturated rings. The van der Waals surface area contributed by atoms with Crippen molar-refractivity contribution in [2.45, 2.75) is 58.4 Å². The number of rotatable bonds is 3. The van der Waals surface area contributed by atoms with Crippen molar-refractivity contribution in [1.82, 2.24) is 9.78 Å². The van der Waals surface area contributed by atoms with Crippen molar-refractivity contribution in [2.75, 3.05) is 0 Å². The third kappa shape index (κ3) is 2.46. The van der Waals surface area contributed by atoms with Crippen LogP contribution in [0.3, 0.4) is 0 Å². The van der Waals surface area contributed by atoms with Crippen molar-refractivity contribution in [3.8, 4) is 22.8 Å². The number of hydrogen-bond donors (Lipinski definition) is 2. The quantitative estimate of drug-likeness (QED) is 0.845. The van der Waals surface area contributed by atoms with E-state index in [4.69, 9.17) is 0 Å². The predicted molar refractivity (Wildman–Crippen MR) is 86.6 cm³/mol. The minimum Gasteiger partial charge on any atom is -0.503 e. The summed E-state index contributed by atoms with van der Waals surface area (Å²) in [5.41, 5.74) is -1.38. The molecule has 1 saturated carbocycles. The molecule has 0 radical (unpaired) electrons. The van der Waals surface area contributed by atoms with Gasteiger partial charge in [0.25, 0.3) is 5.43 Å². The average molecular weight is 318 g/mol. The minimum absolute atomic E-state index is 0.0870. The molecule has 1 aliphatic carbocycles. The molecule has 1 aromatic heterocycles. The van der Waals surface area contributed by atoms with Gasteiger partial charge in [0, 0.05) is 0 Å². The first kappa shape index (κ1) is 15.8. The maximum atomic E-state index is 11.9. The topological polar surface area (TPSA) is 92.4 Å². The van der Waals surface area contributed by atoms with E-state index in [0.717, 1.165) is 12.8 Å². The molecule has 0 unspecified atom stereocenters. The Balaban J connectivity index is 2.14. The van der Waals surface area contributed by atoms with Gasteiger partial charge in [0.05, 0.1) is 22.4 Å². The Morgan fingerprint density at radius 3 is 2.22 bits per heavy atom. The summed E-state index contributed by atoms with van der Waals surface area (Å²) in [7, 11) is 0. The van der Waals surface area contributed by atoms with Gasteiger partial charge in [0.15, 0.2) is 5.75 Å². The highest BCUT2D eigenvalue weighted by Gasteiger charge is 2.33. The van der Waals surface area contributed by atoms with Crippen molar-refractivity contribution < 1.29 is 10.2 Å². The first-order valence-corrected chi connectivity index (χ1v) is 8.05. The van der Waals surface area contributed by atoms with Crippen molar-refractivity contribution in [3.63, 3.8) is 0 Å². The van der Waals surface area contributed by atoms with Crippen LogP contribution in [-0.4, -0.2) is 20.0 Å². The fourth-order valence-electron chi connectivity index (χ4n) is 3.42. The van der Waals surface area contributed by atoms with E-state index >= 15 is 0 Å². The van der Waals surface area contributed by atoms with Crippen LogP contribution in [0, 0.1) is 5.92 Å². The summed E-state index contributed by atoms with van der Waals surface area (Å²) in [4.78, 5) is 23.2. The molecule has 2 N–H and O–H groups in total. The Kier molecular flexibility index (Phi) is 3.58. The van der Waals surface area contributed by atoms with E-state index in [1.54, 1.807) is 0 Å². The molecular formula is C17H22N2O4. The molecule has 3 rings (SSSR count). The number of hydrogen-bond acceptors (Lipinski definition) is 5. The van der Waals surface area contributed by atoms with E-state index in [1.165, 1.54) is 17.5 Å². The first-order chi connectivity index (χ1) is 10.7. The minimum atomic E-state index is -0.894. The summed E-state index contributed by atoms with van der Waals surface area (Å²) in [5, 5.41) is 24.9. The van der Waals surface area contributed by atoms with Crippen LogP contribution in [0.15, 0.2) is 9.59 Å². The Bertz CT molecular complexity index is 813. The third-order valence-electron chi connectivity index (χ3n) is 4.66. The molecule has 0 amide bonds. The van der Waals surface area contributed by atoms with E-state index < -0.39 is 22.1 Å². The second kappa shape index (κ2) is 5.22. The fraction of sp³-hybridized carbons (Fsp3) is 0.588. The second-order valence-corrected chi connectivity index (χ2v) is 7.46. The van der Waals surface area contributed by atoms with Gasteiger partial charge in [-0.3, -0.25) is 9.59 Å². The van der Waals surface area contributed by atoms with Crippen LogP contribution in [0.2, 0.25) is 0 Å². The maximum absolute atomic E-state index is 11.9. The zero-order valence-corrected chi connectivity index (χ0v) is 13.7. The SMILES string of the molecule is CC(C)(C)n1nc(CC2CCCC2)c(-c2c(O)c(=O)c2=O)c1O. The van der Waals surface area contributed by atoms with Gasteiger partial charge in [0.2, 0.25) is 11.3 Å². The molecule has 0 bridgehead atoms. The normalized spacial score (nSPS) is 16.5. The van der Waals surface area contributed by atoms with Crippen molar-refractivity contribution in [3.05, 3.63) is 26.1 Å². The molecule has 2 aromatic rings. The van der Waals surface area contributed by atoms with Crippen LogP contribution in [-0.2, 0) is 12.0 Å². The van der Waals surface area contributed by atoms with Crippen LogP contribution >= 0.6 is 0 Å². The Morgan fingerprint density at radius 2 is 1.70 bits per heavy atom. The van der Waals surface area contributed by atoms with E-state index in [-0.39, 0.29) is 17.0 Å². The summed E-state index contributed by atoms with van der Waals surface area (Å²) in [5.74, 6) is -0.260. The van der Waals surface area contributed by atoms with Gasteiger partial charge in [-0.2, -0.15) is 5.10 Å². The number of aromatic hydroxyl groups is 2. The van der Waals surface area contributed by atoms with E-state index in [1.807, 2.05) is 20.8 Å². The van der Waals surface area contributed by atoms with Gasteiger partial charge in [-0.05, 0) is 33.1 Å². The zero-order chi connectivity index (χ0) is 16.9. The molecule has 1 aromatic carbocycles. The highest BCUT2D eigenvalue weighted by atomic mass is 16.3. The molecule has 1 heterocycles. The molecule has 0 saturated heterocycles. The van der Waals surface area contributed by atoms with Crippen molar-refractivity contribution >= 4 is 0 Å². The molecule has 6 heteroatoms. The largest absolute Gasteiger partial charge is 0.503 e. The van der Waals surface area contributed by atoms with Crippen LogP contribution in [0.5, 0.6) is 11.6 Å². The average Bonchev–Trinajstić information content (AvgIpc) is 3.09. The molecule has 124 valence electrons. The van der Waals surface area contributed by atoms with Gasteiger partial charge in [-0.25, -0.2) is 4.68 Å². The summed E-state index contributed by atoms with van der Waals surface area (Å²) in [6.45, 7) is 5.68. The van der Waals surface area contributed by atoms with Gasteiger partial charge in [-0.15, -0.1) is 0 Å². The third-order valence-corrected chi connectivity index (χ3v) is 4.66. The molecule has 6 nitrogen and oxygen atoms in total. The molecule has 1 aliphatic rings. The summed E-state index contributed by atoms with van der Waals surface area (Å²) in [6.07, 6.45) is 5.19. The fourth-order valence-corrected chi connectivity index (χ4v) is 3.42. The zero-order valence-electron chi connectivity index (χ0n) is 13.7. The summed E-state index contributed by atoms with van der Waals surface area (Å²) < 4.78 is 1.46. The lowest BCUT2D eigenvalue weighted by atomic mass is 9.94. The van der Waals surface area contributed by atoms with Crippen LogP contribution < -0.4 is 10.9 Å². The molecular weight excluding hydrogens is 296 g/mol. The summed E-state index contributed by atoms with van der Waals surface area (Å²) in [6, 6.07) is 0. The molecule has 23 heavy (non-hydrogen) atoms. The van der Waals surface area contributed by atoms with E-state index in [0.29, 0.717) is 18.0 Å². The van der Waals surface area contributed by atoms with Crippen LogP contribution in [0.4, 0.5) is 0 Å². The second-order valence-electron chi connectivity index (χ2n) is 7.46. The predicted octanol–water partition coefficient (Wildman–Crippen LogP) is 2.05. The molecule has 0 spiro atoms. The lowest BCUT2D eigenvalue weighted by Crippen LogP contribution is -2.32. The smallest absolute Gasteiger partial charge is 0.268 e. The lowest BCUT2D eigenvalue weighted by molar-refractivity contribution is 0.294. The van der Waals surface area contributed by atoms with E-state index in [2.05, 4.69) is 5.10 Å². The Morgan fingerprint density at radius 1 is 1.09 bits per heavy atom. The molecule has 0 atom stereocenters.